The SMILES string of the molecule is Cc1ccc(CC(=O)NCCN(C2CCOCC2)C2CCN(C(C)C)CC2)cc1. The maximum absolute atomic E-state index is 12.4. The lowest BCUT2D eigenvalue weighted by Crippen LogP contribution is -2.53. The Labute approximate surface area is 176 Å². The van der Waals surface area contributed by atoms with Crippen LogP contribution in [-0.4, -0.2) is 73.2 Å². The molecular weight excluding hydrogens is 362 g/mol. The first-order valence-corrected chi connectivity index (χ1v) is 11.4. The fourth-order valence-corrected chi connectivity index (χ4v) is 4.69. The molecule has 0 atom stereocenters. The summed E-state index contributed by atoms with van der Waals surface area (Å²) in [5, 5.41) is 3.16. The number of ether oxygens (including phenoxy) is 1. The van der Waals surface area contributed by atoms with Gasteiger partial charge in [0, 0.05) is 44.4 Å². The highest BCUT2D eigenvalue weighted by Crippen LogP contribution is 2.24. The number of hydrogen-bond donors (Lipinski definition) is 1. The molecule has 1 aromatic carbocycles. The molecule has 1 aromatic rings. The van der Waals surface area contributed by atoms with Gasteiger partial charge in [-0.3, -0.25) is 9.69 Å². The number of amides is 1. The molecule has 2 fully saturated rings. The Morgan fingerprint density at radius 3 is 2.34 bits per heavy atom. The standard InChI is InChI=1S/C24H39N3O2/c1-19(2)26-13-8-22(9-14-26)27(23-10-16-29-17-11-23)15-12-25-24(28)18-21-6-4-20(3)5-7-21/h4-7,19,22-23H,8-18H2,1-3H3,(H,25,28). The van der Waals surface area contributed by atoms with Crippen LogP contribution in [-0.2, 0) is 16.0 Å². The summed E-state index contributed by atoms with van der Waals surface area (Å²) in [4.78, 5) is 17.7. The average Bonchev–Trinajstić information content (AvgIpc) is 2.74. The van der Waals surface area contributed by atoms with E-state index in [0.29, 0.717) is 24.5 Å². The number of aryl methyl sites for hydroxylation is 1. The van der Waals surface area contributed by atoms with Crippen LogP contribution in [0.25, 0.3) is 0 Å². The lowest BCUT2D eigenvalue weighted by atomic mass is 9.97. The van der Waals surface area contributed by atoms with Gasteiger partial charge < -0.3 is 15.0 Å². The number of rotatable bonds is 8. The third kappa shape index (κ3) is 6.80. The summed E-state index contributed by atoms with van der Waals surface area (Å²) in [6.07, 6.45) is 5.15. The van der Waals surface area contributed by atoms with Crippen LogP contribution >= 0.6 is 0 Å². The molecule has 0 unspecified atom stereocenters. The van der Waals surface area contributed by atoms with Crippen LogP contribution in [0, 0.1) is 6.92 Å². The van der Waals surface area contributed by atoms with E-state index in [2.05, 4.69) is 48.0 Å². The zero-order valence-corrected chi connectivity index (χ0v) is 18.5. The van der Waals surface area contributed by atoms with E-state index < -0.39 is 0 Å². The van der Waals surface area contributed by atoms with Crippen LogP contribution < -0.4 is 5.32 Å². The number of benzene rings is 1. The minimum Gasteiger partial charge on any atom is -0.381 e. The fourth-order valence-electron chi connectivity index (χ4n) is 4.69. The molecule has 3 rings (SSSR count). The number of piperidine rings is 1. The number of likely N-dealkylation sites (tertiary alicyclic amines) is 1. The van der Waals surface area contributed by atoms with Gasteiger partial charge in [-0.25, -0.2) is 0 Å². The molecule has 0 saturated carbocycles. The van der Waals surface area contributed by atoms with Gasteiger partial charge >= 0.3 is 0 Å². The van der Waals surface area contributed by atoms with E-state index in [1.807, 2.05) is 12.1 Å². The second-order valence-corrected chi connectivity index (χ2v) is 8.95. The minimum absolute atomic E-state index is 0.121. The van der Waals surface area contributed by atoms with Gasteiger partial charge in [-0.15, -0.1) is 0 Å². The second-order valence-electron chi connectivity index (χ2n) is 8.95. The Hall–Kier alpha value is -1.43. The molecule has 5 heteroatoms. The molecule has 0 aromatic heterocycles. The predicted molar refractivity (Wildman–Crippen MR) is 118 cm³/mol. The van der Waals surface area contributed by atoms with E-state index in [9.17, 15) is 4.79 Å². The maximum atomic E-state index is 12.4. The van der Waals surface area contributed by atoms with Crippen molar-refractivity contribution in [3.05, 3.63) is 35.4 Å². The second kappa shape index (κ2) is 11.1. The summed E-state index contributed by atoms with van der Waals surface area (Å²) in [5.41, 5.74) is 2.31. The largest absolute Gasteiger partial charge is 0.381 e. The predicted octanol–water partition coefficient (Wildman–Crippen LogP) is 3.01. The summed E-state index contributed by atoms with van der Waals surface area (Å²) in [6, 6.07) is 10.1. The van der Waals surface area contributed by atoms with E-state index >= 15 is 0 Å². The van der Waals surface area contributed by atoms with Crippen molar-refractivity contribution in [1.82, 2.24) is 15.1 Å². The van der Waals surface area contributed by atoms with Crippen molar-refractivity contribution in [2.45, 2.75) is 71.0 Å². The summed E-state index contributed by atoms with van der Waals surface area (Å²) >= 11 is 0. The van der Waals surface area contributed by atoms with Crippen molar-refractivity contribution < 1.29 is 9.53 Å². The molecular formula is C24H39N3O2. The zero-order valence-electron chi connectivity index (χ0n) is 18.5. The third-order valence-corrected chi connectivity index (χ3v) is 6.54. The molecule has 2 heterocycles. The lowest BCUT2D eigenvalue weighted by molar-refractivity contribution is -0.120. The summed E-state index contributed by atoms with van der Waals surface area (Å²) in [6.45, 7) is 12.4. The molecule has 2 saturated heterocycles. The Morgan fingerprint density at radius 1 is 1.10 bits per heavy atom. The van der Waals surface area contributed by atoms with Gasteiger partial charge in [-0.05, 0) is 65.1 Å². The minimum atomic E-state index is 0.121. The molecule has 5 nitrogen and oxygen atoms in total. The monoisotopic (exact) mass is 401 g/mol. The van der Waals surface area contributed by atoms with Gasteiger partial charge in [0.05, 0.1) is 6.42 Å². The Kier molecular flexibility index (Phi) is 8.52. The Balaban J connectivity index is 1.50. The van der Waals surface area contributed by atoms with Crippen molar-refractivity contribution in [1.29, 1.82) is 0 Å². The quantitative estimate of drug-likeness (QED) is 0.727. The molecule has 1 N–H and O–H groups in total. The van der Waals surface area contributed by atoms with Gasteiger partial charge in [-0.1, -0.05) is 29.8 Å². The Bertz CT molecular complexity index is 618. The lowest BCUT2D eigenvalue weighted by Gasteiger charge is -2.44. The van der Waals surface area contributed by atoms with E-state index in [-0.39, 0.29) is 5.91 Å². The first-order chi connectivity index (χ1) is 14.0. The molecule has 29 heavy (non-hydrogen) atoms. The zero-order chi connectivity index (χ0) is 20.6. The summed E-state index contributed by atoms with van der Waals surface area (Å²) < 4.78 is 5.60. The molecule has 1 amide bonds. The first kappa shape index (κ1) is 22.3. The number of hydrogen-bond acceptors (Lipinski definition) is 4. The number of nitrogens with one attached hydrogen (secondary N) is 1. The first-order valence-electron chi connectivity index (χ1n) is 11.4. The van der Waals surface area contributed by atoms with Gasteiger partial charge in [-0.2, -0.15) is 0 Å². The average molecular weight is 402 g/mol. The molecule has 0 radical (unpaired) electrons. The molecule has 0 spiro atoms. The third-order valence-electron chi connectivity index (χ3n) is 6.54. The van der Waals surface area contributed by atoms with Crippen LogP contribution in [0.15, 0.2) is 24.3 Å². The maximum Gasteiger partial charge on any atom is 0.224 e. The normalized spacial score (nSPS) is 19.8. The highest BCUT2D eigenvalue weighted by Gasteiger charge is 2.31. The van der Waals surface area contributed by atoms with Crippen molar-refractivity contribution in [3.8, 4) is 0 Å². The van der Waals surface area contributed by atoms with E-state index in [1.54, 1.807) is 0 Å². The smallest absolute Gasteiger partial charge is 0.224 e. The van der Waals surface area contributed by atoms with Gasteiger partial charge in [0.15, 0.2) is 0 Å². The molecule has 162 valence electrons. The Morgan fingerprint density at radius 2 is 1.72 bits per heavy atom. The van der Waals surface area contributed by atoms with Crippen molar-refractivity contribution in [2.24, 2.45) is 0 Å². The number of nitrogens with zero attached hydrogens (tertiary/aromatic N) is 2. The molecule has 2 aliphatic rings. The number of carbonyl (C=O) groups excluding carboxylic acids is 1. The van der Waals surface area contributed by atoms with Crippen LogP contribution in [0.2, 0.25) is 0 Å². The van der Waals surface area contributed by atoms with E-state index in [4.69, 9.17) is 4.74 Å². The molecule has 0 aliphatic carbocycles. The van der Waals surface area contributed by atoms with Gasteiger partial charge in [0.25, 0.3) is 0 Å². The van der Waals surface area contributed by atoms with Crippen molar-refractivity contribution in [3.63, 3.8) is 0 Å². The molecule has 2 aliphatic heterocycles. The van der Waals surface area contributed by atoms with Crippen molar-refractivity contribution >= 4 is 5.91 Å². The highest BCUT2D eigenvalue weighted by molar-refractivity contribution is 5.78. The van der Waals surface area contributed by atoms with Crippen LogP contribution in [0.3, 0.4) is 0 Å². The topological polar surface area (TPSA) is 44.8 Å². The highest BCUT2D eigenvalue weighted by atomic mass is 16.5. The van der Waals surface area contributed by atoms with Gasteiger partial charge in [0.1, 0.15) is 0 Å². The molecule has 0 bridgehead atoms. The summed E-state index contributed by atoms with van der Waals surface area (Å²) in [7, 11) is 0. The van der Waals surface area contributed by atoms with Crippen LogP contribution in [0.1, 0.15) is 50.7 Å². The van der Waals surface area contributed by atoms with Crippen LogP contribution in [0.4, 0.5) is 0 Å². The summed E-state index contributed by atoms with van der Waals surface area (Å²) in [5.74, 6) is 0.121. The fraction of sp³-hybridized carbons (Fsp3) is 0.708. The van der Waals surface area contributed by atoms with E-state index in [0.717, 1.165) is 44.7 Å². The van der Waals surface area contributed by atoms with Gasteiger partial charge in [0.2, 0.25) is 5.91 Å². The van der Waals surface area contributed by atoms with Crippen LogP contribution in [0.5, 0.6) is 0 Å². The number of carbonyl (C=O) groups is 1. The van der Waals surface area contributed by atoms with E-state index in [1.165, 1.54) is 31.5 Å². The van der Waals surface area contributed by atoms with Crippen molar-refractivity contribution in [2.75, 3.05) is 39.4 Å².